The predicted octanol–water partition coefficient (Wildman–Crippen LogP) is 3.74. The van der Waals surface area contributed by atoms with Crippen molar-refractivity contribution >= 4 is 0 Å². The molecule has 4 aliphatic rings. The molecule has 2 aliphatic heterocycles. The second-order valence-electron chi connectivity index (χ2n) is 7.85. The van der Waals surface area contributed by atoms with Gasteiger partial charge < -0.3 is 9.80 Å². The van der Waals surface area contributed by atoms with E-state index in [1.54, 1.807) is 12.1 Å². The van der Waals surface area contributed by atoms with Crippen LogP contribution in [-0.2, 0) is 0 Å². The molecule has 0 bridgehead atoms. The molecule has 0 amide bonds. The summed E-state index contributed by atoms with van der Waals surface area (Å²) in [4.78, 5) is 2.61. The number of nitriles is 2. The van der Waals surface area contributed by atoms with Gasteiger partial charge in [-0.1, -0.05) is 0 Å². The molecule has 1 fully saturated rings. The molecule has 2 aliphatic carbocycles. The monoisotopic (exact) mass is 412 g/mol. The molecular formula is C19H14F6N4. The number of likely N-dealkylation sites (N-methyl/N-ethyl adjacent to an activating group) is 2. The Kier molecular flexibility index (Phi) is 3.22. The molecule has 1 saturated carbocycles. The van der Waals surface area contributed by atoms with E-state index in [2.05, 4.69) is 0 Å². The molecule has 0 aromatic carbocycles. The van der Waals surface area contributed by atoms with Crippen molar-refractivity contribution in [2.24, 2.45) is 0 Å². The van der Waals surface area contributed by atoms with Crippen molar-refractivity contribution in [3.63, 3.8) is 0 Å². The fourth-order valence-corrected chi connectivity index (χ4v) is 5.05. The first-order valence-electron chi connectivity index (χ1n) is 8.52. The Bertz CT molecular complexity index is 999. The minimum absolute atomic E-state index is 0.134. The summed E-state index contributed by atoms with van der Waals surface area (Å²) >= 11 is 0. The van der Waals surface area contributed by atoms with Crippen LogP contribution < -0.4 is 0 Å². The van der Waals surface area contributed by atoms with Crippen molar-refractivity contribution in [1.82, 2.24) is 9.80 Å². The Morgan fingerprint density at radius 3 is 1.31 bits per heavy atom. The van der Waals surface area contributed by atoms with Crippen LogP contribution >= 0.6 is 0 Å². The number of alkyl halides is 6. The Morgan fingerprint density at radius 2 is 1.03 bits per heavy atom. The smallest absolute Gasteiger partial charge is 0.354 e. The molecule has 0 N–H and O–H groups in total. The zero-order valence-corrected chi connectivity index (χ0v) is 15.7. The predicted molar refractivity (Wildman–Crippen MR) is 88.6 cm³/mol. The number of halogens is 6. The summed E-state index contributed by atoms with van der Waals surface area (Å²) in [5.41, 5.74) is -7.33. The van der Waals surface area contributed by atoms with Gasteiger partial charge in [0.25, 0.3) is 0 Å². The lowest BCUT2D eigenvalue weighted by Crippen LogP contribution is -2.66. The van der Waals surface area contributed by atoms with Gasteiger partial charge in [-0.25, -0.2) is 0 Å². The molecule has 152 valence electrons. The Morgan fingerprint density at radius 1 is 0.724 bits per heavy atom. The summed E-state index contributed by atoms with van der Waals surface area (Å²) in [6.45, 7) is 2.84. The highest BCUT2D eigenvalue weighted by molar-refractivity contribution is 5.73. The van der Waals surface area contributed by atoms with Crippen LogP contribution in [0.5, 0.6) is 0 Å². The molecule has 0 saturated heterocycles. The van der Waals surface area contributed by atoms with Gasteiger partial charge in [0.1, 0.15) is 23.5 Å². The van der Waals surface area contributed by atoms with E-state index in [1.165, 1.54) is 37.7 Å². The lowest BCUT2D eigenvalue weighted by Gasteiger charge is -2.55. The third-order valence-electron chi connectivity index (χ3n) is 7.06. The van der Waals surface area contributed by atoms with Crippen LogP contribution in [0.25, 0.3) is 0 Å². The Balaban J connectivity index is 2.26. The first-order chi connectivity index (χ1) is 13.2. The zero-order valence-electron chi connectivity index (χ0n) is 15.7. The maximum absolute atomic E-state index is 14.8. The van der Waals surface area contributed by atoms with Crippen LogP contribution in [0.1, 0.15) is 13.8 Å². The molecule has 0 aromatic rings. The Labute approximate surface area is 162 Å². The van der Waals surface area contributed by atoms with E-state index in [9.17, 15) is 36.9 Å². The molecule has 0 spiro atoms. The number of hydrogen-bond donors (Lipinski definition) is 0. The van der Waals surface area contributed by atoms with E-state index >= 15 is 0 Å². The molecular weight excluding hydrogens is 398 g/mol. The summed E-state index contributed by atoms with van der Waals surface area (Å²) in [7, 11) is 2.80. The maximum atomic E-state index is 14.8. The van der Waals surface area contributed by atoms with Gasteiger partial charge in [0.15, 0.2) is 0 Å². The average Bonchev–Trinajstić information content (AvgIpc) is 3.09. The lowest BCUT2D eigenvalue weighted by molar-refractivity contribution is -0.258. The molecule has 10 heteroatoms. The van der Waals surface area contributed by atoms with Gasteiger partial charge in [0, 0.05) is 25.2 Å². The SMILES string of the molecule is CN1C(C#N)=CC2=C3C(=C4C=C(C#N)N(C)C4(C)C21C)C(F)(F)C(F)(F)C3(F)F. The normalized spacial score (nSPS) is 35.6. The van der Waals surface area contributed by atoms with Crippen molar-refractivity contribution in [3.8, 4) is 12.1 Å². The van der Waals surface area contributed by atoms with Gasteiger partial charge in [-0.15, -0.1) is 0 Å². The molecule has 0 aromatic heterocycles. The quantitative estimate of drug-likeness (QED) is 0.569. The molecule has 2 heterocycles. The van der Waals surface area contributed by atoms with Gasteiger partial charge in [-0.05, 0) is 37.1 Å². The van der Waals surface area contributed by atoms with E-state index in [4.69, 9.17) is 0 Å². The van der Waals surface area contributed by atoms with Crippen molar-refractivity contribution in [2.75, 3.05) is 14.1 Å². The largest absolute Gasteiger partial charge is 0.380 e. The van der Waals surface area contributed by atoms with Gasteiger partial charge >= 0.3 is 17.8 Å². The van der Waals surface area contributed by atoms with Gasteiger partial charge in [0.2, 0.25) is 0 Å². The standard InChI is InChI=1S/C19H14F6N4/c1-15-11(5-9(7-26)28(15)3)13-14(18(22,23)19(24,25)17(13,20)21)12-6-10(8-27)29(4)16(12,15)2/h5-6H,1-4H3. The first kappa shape index (κ1) is 19.4. The minimum atomic E-state index is -5.67. The fraction of sp³-hybridized carbons (Fsp3) is 0.474. The van der Waals surface area contributed by atoms with Crippen LogP contribution in [0.4, 0.5) is 26.3 Å². The van der Waals surface area contributed by atoms with Crippen LogP contribution in [0.3, 0.4) is 0 Å². The second kappa shape index (κ2) is 4.81. The summed E-state index contributed by atoms with van der Waals surface area (Å²) in [6.07, 6.45) is 1.92. The minimum Gasteiger partial charge on any atom is -0.354 e. The zero-order chi connectivity index (χ0) is 21.9. The number of rotatable bonds is 0. The van der Waals surface area contributed by atoms with Crippen molar-refractivity contribution in [3.05, 3.63) is 45.8 Å². The number of nitrogens with zero attached hydrogens (tertiary/aromatic N) is 4. The summed E-state index contributed by atoms with van der Waals surface area (Å²) < 4.78 is 88.0. The van der Waals surface area contributed by atoms with E-state index < -0.39 is 51.1 Å². The topological polar surface area (TPSA) is 54.1 Å². The third-order valence-corrected chi connectivity index (χ3v) is 7.06. The highest BCUT2D eigenvalue weighted by Crippen LogP contribution is 2.70. The molecule has 0 radical (unpaired) electrons. The van der Waals surface area contributed by atoms with E-state index in [-0.39, 0.29) is 11.4 Å². The van der Waals surface area contributed by atoms with Crippen molar-refractivity contribution < 1.29 is 26.3 Å². The number of fused-ring (bicyclic) bond motifs is 4. The summed E-state index contributed by atoms with van der Waals surface area (Å²) in [6, 6.07) is 3.59. The van der Waals surface area contributed by atoms with E-state index in [0.29, 0.717) is 0 Å². The first-order valence-corrected chi connectivity index (χ1v) is 8.52. The molecule has 2 unspecified atom stereocenters. The van der Waals surface area contributed by atoms with Crippen molar-refractivity contribution in [2.45, 2.75) is 42.7 Å². The lowest BCUT2D eigenvalue weighted by atomic mass is 9.63. The average molecular weight is 412 g/mol. The van der Waals surface area contributed by atoms with Crippen LogP contribution in [0, 0.1) is 22.7 Å². The van der Waals surface area contributed by atoms with E-state index in [0.717, 1.165) is 12.2 Å². The highest BCUT2D eigenvalue weighted by Gasteiger charge is 2.84. The van der Waals surface area contributed by atoms with Crippen LogP contribution in [0.2, 0.25) is 0 Å². The maximum Gasteiger partial charge on any atom is 0.380 e. The molecule has 2 atom stereocenters. The molecule has 4 nitrogen and oxygen atoms in total. The van der Waals surface area contributed by atoms with Crippen LogP contribution in [-0.4, -0.2) is 52.7 Å². The van der Waals surface area contributed by atoms with Crippen LogP contribution in [0.15, 0.2) is 45.8 Å². The van der Waals surface area contributed by atoms with Gasteiger partial charge in [0.05, 0.1) is 11.1 Å². The second-order valence-corrected chi connectivity index (χ2v) is 7.85. The molecule has 29 heavy (non-hydrogen) atoms. The third kappa shape index (κ3) is 1.58. The molecule has 4 rings (SSSR count). The van der Waals surface area contributed by atoms with Gasteiger partial charge in [-0.3, -0.25) is 0 Å². The fourth-order valence-electron chi connectivity index (χ4n) is 5.05. The summed E-state index contributed by atoms with van der Waals surface area (Å²) in [5, 5.41) is 18.8. The number of hydrogen-bond acceptors (Lipinski definition) is 4. The highest BCUT2D eigenvalue weighted by atomic mass is 19.3. The van der Waals surface area contributed by atoms with Gasteiger partial charge in [-0.2, -0.15) is 36.9 Å². The van der Waals surface area contributed by atoms with E-state index in [1.807, 2.05) is 0 Å². The number of allylic oxidation sites excluding steroid dienone is 4. The Hall–Kier alpha value is -2.88. The van der Waals surface area contributed by atoms with Crippen molar-refractivity contribution in [1.29, 1.82) is 10.5 Å². The summed E-state index contributed by atoms with van der Waals surface area (Å²) in [5.74, 6) is -16.0.